The van der Waals surface area contributed by atoms with Crippen LogP contribution in [0.2, 0.25) is 0 Å². The third-order valence-electron chi connectivity index (χ3n) is 13.8. The van der Waals surface area contributed by atoms with E-state index in [-0.39, 0.29) is 158 Å². The molecule has 8 aromatic rings. The summed E-state index contributed by atoms with van der Waals surface area (Å²) < 4.78 is 0. The molecule has 0 saturated heterocycles. The van der Waals surface area contributed by atoms with Crippen LogP contribution in [0.5, 0.6) is 0 Å². The van der Waals surface area contributed by atoms with E-state index in [0.29, 0.717) is 45.6 Å². The average molecular weight is 1950 g/mol. The van der Waals surface area contributed by atoms with E-state index in [4.69, 9.17) is 71.5 Å². The van der Waals surface area contributed by atoms with Crippen molar-refractivity contribution in [1.82, 2.24) is 19.9 Å². The van der Waals surface area contributed by atoms with Gasteiger partial charge in [-0.1, -0.05) is 121 Å². The summed E-state index contributed by atoms with van der Waals surface area (Å²) in [5.41, 5.74) is 6.06. The Labute approximate surface area is 785 Å². The van der Waals surface area contributed by atoms with Gasteiger partial charge in [0.25, 0.3) is 0 Å². The third kappa shape index (κ3) is 49.3. The summed E-state index contributed by atoms with van der Waals surface area (Å²) in [4.78, 5) is 18.2. The Balaban J connectivity index is -0.000000496. The van der Waals surface area contributed by atoms with Gasteiger partial charge in [-0.05, 0) is 148 Å². The summed E-state index contributed by atoms with van der Waals surface area (Å²) >= 11 is 0. The van der Waals surface area contributed by atoms with Crippen LogP contribution < -0.4 is 40.9 Å². The number of aromatic nitrogens is 4. The molecule has 696 valence electrons. The molecule has 7 aliphatic rings. The molecule has 4 aromatic heterocycles. The van der Waals surface area contributed by atoms with Gasteiger partial charge in [-0.3, -0.25) is 0 Å². The van der Waals surface area contributed by atoms with Gasteiger partial charge < -0.3 is 112 Å². The monoisotopic (exact) mass is 1940 g/mol. The van der Waals surface area contributed by atoms with Crippen LogP contribution >= 0.6 is 0 Å². The molecule has 128 heavy (non-hydrogen) atoms. The predicted octanol–water partition coefficient (Wildman–Crippen LogP) is -3.66. The van der Waals surface area contributed by atoms with Crippen LogP contribution in [0.25, 0.3) is 0 Å². The Morgan fingerprint density at radius 2 is 0.219 bits per heavy atom. The number of aliphatic hydroxyl groups excluding tert-OH is 14. The minimum Gasteiger partial charge on any atom is -0.857 e. The molecule has 7 aliphatic heterocycles. The summed E-state index contributed by atoms with van der Waals surface area (Å²) in [7, 11) is 14.0. The van der Waals surface area contributed by atoms with Crippen molar-refractivity contribution in [3.8, 4) is 0 Å². The fourth-order valence-electron chi connectivity index (χ4n) is 8.21. The Morgan fingerprint density at radius 1 is 0.141 bits per heavy atom. The summed E-state index contributed by atoms with van der Waals surface area (Å²) in [5.74, 6) is -5.64. The van der Waals surface area contributed by atoms with Crippen molar-refractivity contribution in [3.63, 3.8) is 0 Å². The van der Waals surface area contributed by atoms with Crippen LogP contribution in [-0.4, -0.2) is 284 Å². The van der Waals surface area contributed by atoms with Crippen molar-refractivity contribution >= 4 is 92.9 Å². The summed E-state index contributed by atoms with van der Waals surface area (Å²) in [5, 5.41) is 266. The molecule has 0 aliphatic carbocycles. The van der Waals surface area contributed by atoms with Crippen LogP contribution in [0.3, 0.4) is 0 Å². The van der Waals surface area contributed by atoms with Crippen LogP contribution in [0, 0.1) is 0 Å². The van der Waals surface area contributed by atoms with Gasteiger partial charge in [0.15, 0.2) is 0 Å². The number of rotatable bonds is 0. The number of nitrogens with zero attached hydrogens (tertiary/aromatic N) is 20. The van der Waals surface area contributed by atoms with Crippen molar-refractivity contribution in [2.75, 3.05) is 99.5 Å². The van der Waals surface area contributed by atoms with Crippen LogP contribution in [0.15, 0.2) is 251 Å². The van der Waals surface area contributed by atoms with E-state index in [9.17, 15) is 40.9 Å². The third-order valence-corrected chi connectivity index (χ3v) is 13.8. The Kier molecular flexibility index (Phi) is 91.7. The van der Waals surface area contributed by atoms with Crippen LogP contribution in [0.1, 0.15) is 145 Å². The number of pyridine rings is 4. The van der Waals surface area contributed by atoms with E-state index in [1.165, 1.54) is 97.1 Å². The molecule has 0 atom stereocenters. The fraction of sp³-hybridized carbons (Fsp3) is 0.268. The Hall–Kier alpha value is -11.9. The predicted molar refractivity (Wildman–Crippen MR) is 467 cm³/mol. The van der Waals surface area contributed by atoms with Gasteiger partial charge in [0.2, 0.25) is 0 Å². The molecule has 42 nitrogen and oxygen atoms in total. The zero-order valence-electron chi connectivity index (χ0n) is 74.1. The first kappa shape index (κ1) is 137. The van der Waals surface area contributed by atoms with Gasteiger partial charge in [-0.25, -0.2) is 19.9 Å². The van der Waals surface area contributed by atoms with Crippen molar-refractivity contribution in [1.29, 1.82) is 0 Å². The first-order valence-corrected chi connectivity index (χ1v) is 35.1. The van der Waals surface area contributed by atoms with Crippen molar-refractivity contribution in [2.24, 2.45) is 81.6 Å². The van der Waals surface area contributed by atoms with E-state index in [0.717, 1.165) is 99.5 Å². The van der Waals surface area contributed by atoms with Gasteiger partial charge in [-0.2, -0.15) is 81.6 Å². The molecule has 11 heterocycles. The Bertz CT molecular complexity index is 3980. The fourth-order valence-corrected chi connectivity index (χ4v) is 8.21. The number of hydrogen-bond donors (Lipinski definition) is 14. The molecule has 14 N–H and O–H groups in total. The smallest absolute Gasteiger partial charge is 0.857 e. The molecule has 4 radical (unpaired) electrons. The van der Waals surface area contributed by atoms with E-state index < -0.39 is 47.2 Å². The zero-order valence-corrected chi connectivity index (χ0v) is 78.9. The molecule has 15 rings (SSSR count). The zero-order chi connectivity index (χ0) is 96.4. The minimum atomic E-state index is -0.705. The van der Waals surface area contributed by atoms with E-state index in [2.05, 4.69) is 102 Å². The normalized spacial score (nSPS) is 18.2. The second-order valence-electron chi connectivity index (χ2n) is 20.7. The van der Waals surface area contributed by atoms with Gasteiger partial charge in [-0.15, -0.1) is 0 Å². The van der Waals surface area contributed by atoms with Crippen molar-refractivity contribution < 1.29 is 181 Å². The Morgan fingerprint density at radius 3 is 0.297 bits per heavy atom. The summed E-state index contributed by atoms with van der Waals surface area (Å²) in [6.45, 7) is 12.8. The maximum Gasteiger partial charge on any atom is 2.00 e. The average Bonchev–Trinajstić information content (AvgIpc) is 0.855. The minimum absolute atomic E-state index is 0. The van der Waals surface area contributed by atoms with Gasteiger partial charge in [0.1, 0.15) is 0 Å². The van der Waals surface area contributed by atoms with E-state index in [1.54, 1.807) is 128 Å². The molecule has 0 spiro atoms. The molecular formula is C82H108Mn4N20O22. The van der Waals surface area contributed by atoms with E-state index in [1.807, 2.05) is 0 Å². The number of aliphatic hydroxyl groups is 14. The van der Waals surface area contributed by atoms with Crippen LogP contribution in [0.4, 0.5) is 0 Å². The van der Waals surface area contributed by atoms with Crippen molar-refractivity contribution in [3.05, 3.63) is 260 Å². The molecule has 46 heteroatoms. The van der Waals surface area contributed by atoms with Gasteiger partial charge in [0, 0.05) is 147 Å². The summed E-state index contributed by atoms with van der Waals surface area (Å²) in [6, 6.07) is 42.1. The standard InChI is InChI=1S/C68H60N20O8.14CH4O.4Mn/c1-37-53-13-9-14-54(69-53)38(2)74-82-62(90)47-25-27-48(28-26-47)64(92)84-76-41(5)57-17-11-18-58(71-57)42(6)78-86-66(94)51-33-35-52(36-34-51)68(96)88-80-44(8)60-20-12-19-59(72-60)43(7)79-87-67(95)50-31-29-49(30-32-50)65(93)85-77-40(4)56-16-10-15-55(70-56)39(3)75-83-63(91)46-23-21-45(22-24-46)61(89)81-73-37;14*1-2;;;;/h9-36H,1-8H3,(H,81,89)(H,82,90)(H,83,91)(H,84,92)(H,85,93)(H,86,94)(H,87,95)(H,88,96);14*2H,1H3;;;;/q;;;;;;;;;;;;;;;4*+2/p-8/b73-37+,74-38+,75-39+,76-41+,77-40+,78-42+,79-43+,80-44+;;;;;;;;;;;;;;;;;;. The summed E-state index contributed by atoms with van der Waals surface area (Å²) in [6.07, 6.45) is 0. The first-order chi connectivity index (χ1) is 60.2. The number of benzene rings is 4. The maximum atomic E-state index is 13.1. The molecule has 0 fully saturated rings. The number of hydrogen-bond acceptors (Lipinski definition) is 42. The molecule has 16 bridgehead atoms. The second-order valence-corrected chi connectivity index (χ2v) is 20.7. The molecule has 0 saturated carbocycles. The second kappa shape index (κ2) is 85.9. The topological polar surface area (TPSA) is 717 Å². The SMILES string of the molecule is C/C1=N\N=C(/[O-])c2ccc(cc2)/C([O-])=N/N=C(\C)c2cccc(n2)/C(C)=N/N=C(\[O-])c2ccc(cc2)/C([O-])=N/N=C(\C)c2cccc(n2)/C(C)=N/N=C(\[O-])c2ccc(cc2)/C([O-])=N/N=C(\C)c2cccc(n2)/C(C)=N/N=C(\[O-])c2ccc(cc2)/C([O-])=N/N=C(\C)c2cccc1n2.CO.CO.CO.CO.CO.CO.CO.CO.CO.CO.CO.CO.CO.CO.[Mn+2].[Mn+2].[Mn+2].[Mn+2]. The van der Waals surface area contributed by atoms with E-state index >= 15 is 0 Å². The molecule has 4 aromatic carbocycles. The molecule has 0 unspecified atom stereocenters. The first-order valence-electron chi connectivity index (χ1n) is 35.1. The van der Waals surface area contributed by atoms with Gasteiger partial charge >= 0.3 is 68.3 Å². The largest absolute Gasteiger partial charge is 2.00 e. The molecular weight excluding hydrogens is 1840 g/mol. The van der Waals surface area contributed by atoms with Crippen LogP contribution in [-0.2, 0) is 68.3 Å². The molecule has 0 amide bonds. The quantitative estimate of drug-likeness (QED) is 0.0651. The maximum absolute atomic E-state index is 13.1. The van der Waals surface area contributed by atoms with Crippen molar-refractivity contribution in [2.45, 2.75) is 55.4 Å². The van der Waals surface area contributed by atoms with Gasteiger partial charge in [0.05, 0.1) is 91.2 Å².